The van der Waals surface area contributed by atoms with E-state index in [-0.39, 0.29) is 46.1 Å². The molecule has 56 heavy (non-hydrogen) atoms. The number of methoxy groups -OCH3 is 1. The van der Waals surface area contributed by atoms with Crippen LogP contribution in [0, 0.1) is 0 Å². The molecule has 0 heterocycles. The minimum Gasteiger partial charge on any atom is -0.462 e. The van der Waals surface area contributed by atoms with Crippen LogP contribution < -0.4 is 0 Å². The number of ether oxygens (including phenoxy) is 13. The first-order valence-electron chi connectivity index (χ1n) is 19.1. The van der Waals surface area contributed by atoms with Gasteiger partial charge in [-0.15, -0.1) is 0 Å². The van der Waals surface area contributed by atoms with Gasteiger partial charge in [0.15, 0.2) is 0 Å². The van der Waals surface area contributed by atoms with Crippen LogP contribution in [0.2, 0.25) is 0 Å². The fourth-order valence-electron chi connectivity index (χ4n) is 3.90. The number of hydrogen-bond donors (Lipinski definition) is 0. The predicted molar refractivity (Wildman–Crippen MR) is 202 cm³/mol. The molecule has 0 aromatic rings. The Labute approximate surface area is 333 Å². The summed E-state index contributed by atoms with van der Waals surface area (Å²) in [6.07, 6.45) is -1.49. The fourth-order valence-corrected chi connectivity index (χ4v) is 3.90. The molecule has 2 amide bonds. The molecule has 0 aromatic carbocycles. The summed E-state index contributed by atoms with van der Waals surface area (Å²) in [6.45, 7) is 18.2. The molecular weight excluding hydrogens is 744 g/mol. The quantitative estimate of drug-likeness (QED) is 0.0514. The molecule has 0 rings (SSSR count). The first kappa shape index (κ1) is 53.1. The van der Waals surface area contributed by atoms with E-state index in [2.05, 4.69) is 0 Å². The van der Waals surface area contributed by atoms with E-state index in [0.717, 1.165) is 9.80 Å². The topological polar surface area (TPSA) is 195 Å². The van der Waals surface area contributed by atoms with Crippen LogP contribution in [0.3, 0.4) is 0 Å². The maximum absolute atomic E-state index is 12.8. The Hall–Kier alpha value is -2.88. The molecule has 0 spiro atoms. The number of esters is 2. The van der Waals surface area contributed by atoms with Crippen molar-refractivity contribution in [2.75, 3.05) is 159 Å². The lowest BCUT2D eigenvalue weighted by molar-refractivity contribution is -0.147. The molecule has 0 fully saturated rings. The van der Waals surface area contributed by atoms with E-state index >= 15 is 0 Å². The third-order valence-corrected chi connectivity index (χ3v) is 6.43. The third-order valence-electron chi connectivity index (χ3n) is 6.43. The highest BCUT2D eigenvalue weighted by Crippen LogP contribution is 2.11. The second kappa shape index (κ2) is 34.2. The standard InChI is InChI=1S/C37H70N2O17/c1-9-45-14-15-46-16-17-47-18-19-48-20-21-49-22-23-50-24-25-51-26-27-52-28-29-54-33(41)31-39(35(43)56-37(5,6)7)11-13-53-32(40)30-38(10-12-44-8)34(42)55-36(2,3)4/h9-31H2,1-8H3. The summed E-state index contributed by atoms with van der Waals surface area (Å²) in [5, 5.41) is 0. The minimum atomic E-state index is -0.838. The summed E-state index contributed by atoms with van der Waals surface area (Å²) in [5.74, 6) is -1.44. The summed E-state index contributed by atoms with van der Waals surface area (Å²) in [4.78, 5) is 52.6. The highest BCUT2D eigenvalue weighted by atomic mass is 16.6. The molecule has 19 heteroatoms. The maximum atomic E-state index is 12.8. The van der Waals surface area contributed by atoms with Gasteiger partial charge in [-0.1, -0.05) is 0 Å². The maximum Gasteiger partial charge on any atom is 0.410 e. The van der Waals surface area contributed by atoms with Gasteiger partial charge in [-0.2, -0.15) is 0 Å². The van der Waals surface area contributed by atoms with E-state index in [1.54, 1.807) is 41.5 Å². The van der Waals surface area contributed by atoms with Gasteiger partial charge in [0.1, 0.15) is 37.5 Å². The highest BCUT2D eigenvalue weighted by Gasteiger charge is 2.27. The molecule has 0 bridgehead atoms. The van der Waals surface area contributed by atoms with Crippen molar-refractivity contribution in [3.63, 3.8) is 0 Å². The van der Waals surface area contributed by atoms with Crippen molar-refractivity contribution < 1.29 is 80.8 Å². The lowest BCUT2D eigenvalue weighted by atomic mass is 10.2. The zero-order chi connectivity index (χ0) is 41.9. The molecular formula is C37H70N2O17. The lowest BCUT2D eigenvalue weighted by Crippen LogP contribution is -2.43. The van der Waals surface area contributed by atoms with Crippen molar-refractivity contribution in [3.05, 3.63) is 0 Å². The van der Waals surface area contributed by atoms with Gasteiger partial charge in [-0.3, -0.25) is 19.4 Å². The highest BCUT2D eigenvalue weighted by molar-refractivity contribution is 5.79. The Bertz CT molecular complexity index is 1010. The SMILES string of the molecule is CCOCCOCCOCCOCCOCCOCCOCCOCCOC(=O)CN(CCOC(=O)CN(CCOC)C(=O)OC(C)(C)C)C(=O)OC(C)(C)C. The van der Waals surface area contributed by atoms with Gasteiger partial charge in [-0.25, -0.2) is 9.59 Å². The number of amides is 2. The van der Waals surface area contributed by atoms with Crippen LogP contribution >= 0.6 is 0 Å². The van der Waals surface area contributed by atoms with Crippen LogP contribution in [-0.2, 0) is 71.2 Å². The Morgan fingerprint density at radius 3 is 1.00 bits per heavy atom. The second-order valence-corrected chi connectivity index (χ2v) is 13.7. The molecule has 0 aromatic heterocycles. The van der Waals surface area contributed by atoms with Crippen molar-refractivity contribution >= 4 is 24.1 Å². The smallest absolute Gasteiger partial charge is 0.410 e. The van der Waals surface area contributed by atoms with Crippen molar-refractivity contribution in [1.82, 2.24) is 9.80 Å². The molecule has 0 unspecified atom stereocenters. The zero-order valence-corrected chi connectivity index (χ0v) is 35.1. The molecule has 0 saturated heterocycles. The normalized spacial score (nSPS) is 11.6. The summed E-state index contributed by atoms with van der Waals surface area (Å²) in [5.41, 5.74) is -1.60. The number of carbonyl (C=O) groups excluding carboxylic acids is 4. The minimum absolute atomic E-state index is 0.0505. The van der Waals surface area contributed by atoms with Gasteiger partial charge < -0.3 is 61.6 Å². The molecule has 0 saturated carbocycles. The van der Waals surface area contributed by atoms with E-state index in [9.17, 15) is 19.2 Å². The molecule has 0 aliphatic carbocycles. The van der Waals surface area contributed by atoms with Gasteiger partial charge in [-0.05, 0) is 48.5 Å². The molecule has 0 aliphatic heterocycles. The van der Waals surface area contributed by atoms with Gasteiger partial charge in [0.2, 0.25) is 0 Å². The van der Waals surface area contributed by atoms with Crippen LogP contribution in [0.1, 0.15) is 48.5 Å². The van der Waals surface area contributed by atoms with Gasteiger partial charge in [0.25, 0.3) is 0 Å². The Kier molecular flexibility index (Phi) is 32.4. The number of rotatable bonds is 35. The van der Waals surface area contributed by atoms with Crippen molar-refractivity contribution in [2.45, 2.75) is 59.7 Å². The molecule has 330 valence electrons. The summed E-state index contributed by atoms with van der Waals surface area (Å²) >= 11 is 0. The lowest BCUT2D eigenvalue weighted by Gasteiger charge is -2.27. The zero-order valence-electron chi connectivity index (χ0n) is 35.1. The molecule has 19 nitrogen and oxygen atoms in total. The Balaban J connectivity index is 4.09. The van der Waals surface area contributed by atoms with Crippen LogP contribution in [0.4, 0.5) is 9.59 Å². The molecule has 0 radical (unpaired) electrons. The predicted octanol–water partition coefficient (Wildman–Crippen LogP) is 2.35. The van der Waals surface area contributed by atoms with Gasteiger partial charge >= 0.3 is 24.1 Å². The van der Waals surface area contributed by atoms with E-state index < -0.39 is 48.4 Å². The second-order valence-electron chi connectivity index (χ2n) is 13.7. The van der Waals surface area contributed by atoms with Crippen LogP contribution in [0.25, 0.3) is 0 Å². The molecule has 0 atom stereocenters. The summed E-state index contributed by atoms with van der Waals surface area (Å²) < 4.78 is 69.4. The van der Waals surface area contributed by atoms with Gasteiger partial charge in [0, 0.05) is 20.3 Å². The average Bonchev–Trinajstić information content (AvgIpc) is 3.11. The summed E-state index contributed by atoms with van der Waals surface area (Å²) in [6, 6.07) is 0. The fraction of sp³-hybridized carbons (Fsp3) is 0.892. The van der Waals surface area contributed by atoms with Crippen LogP contribution in [-0.4, -0.2) is 204 Å². The van der Waals surface area contributed by atoms with Crippen molar-refractivity contribution in [3.8, 4) is 0 Å². The number of hydrogen-bond acceptors (Lipinski definition) is 17. The molecule has 0 aliphatic rings. The third kappa shape index (κ3) is 35.5. The van der Waals surface area contributed by atoms with Crippen LogP contribution in [0.5, 0.6) is 0 Å². The Morgan fingerprint density at radius 1 is 0.411 bits per heavy atom. The van der Waals surface area contributed by atoms with Crippen LogP contribution in [0.15, 0.2) is 0 Å². The first-order chi connectivity index (χ1) is 26.7. The summed E-state index contributed by atoms with van der Waals surface area (Å²) in [7, 11) is 1.47. The van der Waals surface area contributed by atoms with E-state index in [1.807, 2.05) is 6.92 Å². The monoisotopic (exact) mass is 814 g/mol. The largest absolute Gasteiger partial charge is 0.462 e. The van der Waals surface area contributed by atoms with Gasteiger partial charge in [0.05, 0.1) is 112 Å². The average molecular weight is 815 g/mol. The number of carbonyl (C=O) groups is 4. The molecule has 0 N–H and O–H groups in total. The van der Waals surface area contributed by atoms with Crippen molar-refractivity contribution in [1.29, 1.82) is 0 Å². The number of nitrogens with zero attached hydrogens (tertiary/aromatic N) is 2. The van der Waals surface area contributed by atoms with E-state index in [0.29, 0.717) is 92.5 Å². The first-order valence-corrected chi connectivity index (χ1v) is 19.1. The van der Waals surface area contributed by atoms with Crippen molar-refractivity contribution in [2.24, 2.45) is 0 Å². The Morgan fingerprint density at radius 2 is 0.696 bits per heavy atom. The van der Waals surface area contributed by atoms with E-state index in [1.165, 1.54) is 7.11 Å². The van der Waals surface area contributed by atoms with E-state index in [4.69, 9.17) is 61.6 Å².